The van der Waals surface area contributed by atoms with E-state index in [1.54, 1.807) is 27.6 Å². The van der Waals surface area contributed by atoms with Crippen LogP contribution in [0.25, 0.3) is 26.6 Å². The quantitative estimate of drug-likeness (QED) is 0.108. The van der Waals surface area contributed by atoms with E-state index in [1.807, 2.05) is 124 Å². The Balaban J connectivity index is 0.947. The van der Waals surface area contributed by atoms with Crippen LogP contribution in [-0.4, -0.2) is 86.4 Å². The highest BCUT2D eigenvalue weighted by Gasteiger charge is 2.42. The molecular formula is C51H56N8O6S2. The summed E-state index contributed by atoms with van der Waals surface area (Å²) in [5.74, 6) is 0.400. The van der Waals surface area contributed by atoms with Gasteiger partial charge in [-0.1, -0.05) is 87.5 Å². The second kappa shape index (κ2) is 19.4. The molecule has 0 radical (unpaired) electrons. The van der Waals surface area contributed by atoms with Crippen molar-refractivity contribution in [1.82, 2.24) is 35.3 Å². The number of para-hydroxylation sites is 1. The smallest absolute Gasteiger partial charge is 0.308 e. The lowest BCUT2D eigenvalue weighted by molar-refractivity contribution is -0.144. The Hall–Kier alpha value is -6.52. The van der Waals surface area contributed by atoms with Gasteiger partial charge in [-0.25, -0.2) is 4.98 Å². The molecule has 1 saturated heterocycles. The van der Waals surface area contributed by atoms with Crippen LogP contribution in [-0.2, 0) is 23.9 Å². The number of thiazole rings is 1. The third-order valence-electron chi connectivity index (χ3n) is 12.6. The summed E-state index contributed by atoms with van der Waals surface area (Å²) in [6, 6.07) is 21.1. The highest BCUT2D eigenvalue weighted by atomic mass is 32.1. The van der Waals surface area contributed by atoms with E-state index in [2.05, 4.69) is 39.7 Å². The molecule has 348 valence electrons. The number of amides is 3. The number of likely N-dealkylation sites (tertiary alicyclic amines) is 1. The minimum atomic E-state index is -0.908. The molecule has 4 unspecified atom stereocenters. The molecule has 1 fully saturated rings. The Labute approximate surface area is 398 Å². The van der Waals surface area contributed by atoms with Crippen LogP contribution in [0, 0.1) is 33.1 Å². The first-order valence-electron chi connectivity index (χ1n) is 22.4. The summed E-state index contributed by atoms with van der Waals surface area (Å²) in [6.45, 7) is 15.7. The molecule has 14 nitrogen and oxygen atoms in total. The third-order valence-corrected chi connectivity index (χ3v) is 14.7. The molecule has 0 aliphatic carbocycles. The van der Waals surface area contributed by atoms with E-state index in [-0.39, 0.29) is 30.9 Å². The average molecular weight is 941 g/mol. The molecule has 6 aromatic rings. The average Bonchev–Trinajstić information content (AvgIpc) is 4.11. The van der Waals surface area contributed by atoms with Crippen LogP contribution in [0.4, 0.5) is 0 Å². The zero-order chi connectivity index (χ0) is 47.7. The fourth-order valence-corrected chi connectivity index (χ4v) is 10.8. The van der Waals surface area contributed by atoms with Crippen molar-refractivity contribution in [2.24, 2.45) is 10.4 Å². The Kier molecular flexibility index (Phi) is 13.6. The lowest BCUT2D eigenvalue weighted by atomic mass is 9.85. The van der Waals surface area contributed by atoms with Gasteiger partial charge in [0.1, 0.15) is 34.7 Å². The fourth-order valence-electron chi connectivity index (χ4n) is 8.76. The van der Waals surface area contributed by atoms with E-state index >= 15 is 0 Å². The van der Waals surface area contributed by atoms with E-state index in [4.69, 9.17) is 14.5 Å². The summed E-state index contributed by atoms with van der Waals surface area (Å²) in [7, 11) is 1.36. The van der Waals surface area contributed by atoms with Gasteiger partial charge in [-0.3, -0.25) is 28.7 Å². The fraction of sp³-hybridized carbons (Fsp3) is 0.373. The number of rotatable bonds is 13. The number of fused-ring (bicyclic) bond motifs is 3. The van der Waals surface area contributed by atoms with Crippen molar-refractivity contribution in [2.75, 3.05) is 20.3 Å². The van der Waals surface area contributed by atoms with Crippen molar-refractivity contribution in [1.29, 1.82) is 0 Å². The summed E-state index contributed by atoms with van der Waals surface area (Å²) < 4.78 is 13.2. The minimum Gasteiger partial charge on any atom is -0.483 e. The largest absolute Gasteiger partial charge is 0.483 e. The maximum atomic E-state index is 14.3. The number of methoxy groups -OCH3 is 1. The Morgan fingerprint density at radius 2 is 1.60 bits per heavy atom. The van der Waals surface area contributed by atoms with Crippen molar-refractivity contribution >= 4 is 52.1 Å². The first-order valence-corrected chi connectivity index (χ1v) is 24.1. The number of nitrogens with one attached hydrogen (secondary N) is 2. The van der Waals surface area contributed by atoms with Gasteiger partial charge < -0.3 is 25.0 Å². The number of carbonyl (C=O) groups excluding carboxylic acids is 4. The number of ether oxygens (including phenoxy) is 2. The van der Waals surface area contributed by atoms with E-state index in [9.17, 15) is 19.2 Å². The van der Waals surface area contributed by atoms with Gasteiger partial charge in [0, 0.05) is 28.1 Å². The van der Waals surface area contributed by atoms with Gasteiger partial charge in [-0.2, -0.15) is 0 Å². The zero-order valence-electron chi connectivity index (χ0n) is 39.3. The van der Waals surface area contributed by atoms with Gasteiger partial charge in [0.25, 0.3) is 5.91 Å². The first-order chi connectivity index (χ1) is 32.0. The van der Waals surface area contributed by atoms with E-state index in [0.29, 0.717) is 36.8 Å². The molecule has 2 aliphatic rings. The van der Waals surface area contributed by atoms with Gasteiger partial charge in [0.2, 0.25) is 11.8 Å². The molecule has 5 heterocycles. The van der Waals surface area contributed by atoms with Crippen LogP contribution >= 0.6 is 22.7 Å². The number of thiophene rings is 1. The van der Waals surface area contributed by atoms with Crippen molar-refractivity contribution in [2.45, 2.75) is 98.8 Å². The minimum absolute atomic E-state index is 0.00693. The molecule has 3 amide bonds. The lowest BCUT2D eigenvalue weighted by Gasteiger charge is -2.35. The SMILES string of the molecule is COC(=O)CC1N=C(c2ccc(-c3ccccc3OCC(=O)NC(C(=O)N3CCCC3C(=O)NC(C)c3ccc(-c4scnc4C)cc3)C(C)(C)C)cc2)c2c(sc(C)c2C)-n2c(C)nnc21. The molecule has 3 aromatic carbocycles. The number of aliphatic imine (C=N–C) groups is 1. The van der Waals surface area contributed by atoms with E-state index < -0.39 is 35.4 Å². The Bertz CT molecular complexity index is 2860. The van der Waals surface area contributed by atoms with E-state index in [0.717, 1.165) is 65.1 Å². The first kappa shape index (κ1) is 47.0. The highest BCUT2D eigenvalue weighted by Crippen LogP contribution is 2.40. The van der Waals surface area contributed by atoms with Crippen LogP contribution < -0.4 is 15.4 Å². The summed E-state index contributed by atoms with van der Waals surface area (Å²) in [5.41, 5.74) is 9.45. The summed E-state index contributed by atoms with van der Waals surface area (Å²) in [6.07, 6.45) is 1.21. The van der Waals surface area contributed by atoms with Gasteiger partial charge in [-0.05, 0) is 81.2 Å². The summed E-state index contributed by atoms with van der Waals surface area (Å²) in [4.78, 5) is 67.8. The number of benzene rings is 3. The molecule has 67 heavy (non-hydrogen) atoms. The van der Waals surface area contributed by atoms with Crippen molar-refractivity contribution in [3.63, 3.8) is 0 Å². The van der Waals surface area contributed by atoms with E-state index in [1.165, 1.54) is 7.11 Å². The van der Waals surface area contributed by atoms with Crippen LogP contribution in [0.3, 0.4) is 0 Å². The number of carbonyl (C=O) groups is 4. The Morgan fingerprint density at radius 1 is 0.896 bits per heavy atom. The molecule has 16 heteroatoms. The van der Waals surface area contributed by atoms with Crippen LogP contribution in [0.5, 0.6) is 5.75 Å². The topological polar surface area (TPSA) is 170 Å². The molecule has 4 atom stereocenters. The van der Waals surface area contributed by atoms with Crippen LogP contribution in [0.1, 0.15) is 104 Å². The number of aryl methyl sites for hydroxylation is 3. The van der Waals surface area contributed by atoms with Crippen molar-refractivity contribution < 1.29 is 28.7 Å². The number of esters is 1. The normalized spacial score (nSPS) is 16.6. The highest BCUT2D eigenvalue weighted by molar-refractivity contribution is 7.15. The number of hydrogen-bond acceptors (Lipinski definition) is 12. The predicted octanol–water partition coefficient (Wildman–Crippen LogP) is 8.59. The summed E-state index contributed by atoms with van der Waals surface area (Å²) in [5, 5.41) is 15.9. The molecule has 0 bridgehead atoms. The van der Waals surface area contributed by atoms with Gasteiger partial charge in [0.05, 0.1) is 41.4 Å². The predicted molar refractivity (Wildman–Crippen MR) is 261 cm³/mol. The lowest BCUT2D eigenvalue weighted by Crippen LogP contribution is -2.58. The van der Waals surface area contributed by atoms with Crippen LogP contribution in [0.2, 0.25) is 0 Å². The summed E-state index contributed by atoms with van der Waals surface area (Å²) >= 11 is 3.23. The molecule has 2 N–H and O–H groups in total. The molecule has 0 spiro atoms. The van der Waals surface area contributed by atoms with Gasteiger partial charge in [0.15, 0.2) is 12.4 Å². The monoisotopic (exact) mass is 940 g/mol. The maximum absolute atomic E-state index is 14.3. The van der Waals surface area contributed by atoms with Crippen molar-refractivity contribution in [3.05, 3.63) is 123 Å². The number of aromatic nitrogens is 4. The second-order valence-corrected chi connectivity index (χ2v) is 20.3. The number of nitrogens with zero attached hydrogens (tertiary/aromatic N) is 6. The molecule has 3 aromatic heterocycles. The molecule has 2 aliphatic heterocycles. The standard InChI is InChI=1S/C51H56N8O6S2/c1-28-31(4)67-50-43(28)44(54-38(25-42(61)64-9)47-57-56-32(5)59(47)50)35-20-18-34(19-21-35)37-13-10-11-15-40(37)65-26-41(60)55-46(51(6,7)8)49(63)58-24-12-14-39(58)48(62)53-29(2)33-16-22-36(23-17-33)45-30(3)52-27-66-45/h10-11,13,15-23,27,29,38-39,46H,12,14,24-26H2,1-9H3,(H,53,62)(H,55,60). The van der Waals surface area contributed by atoms with Gasteiger partial charge >= 0.3 is 5.97 Å². The Morgan fingerprint density at radius 3 is 2.28 bits per heavy atom. The second-order valence-electron chi connectivity index (χ2n) is 18.2. The van der Waals surface area contributed by atoms with Crippen molar-refractivity contribution in [3.8, 4) is 32.3 Å². The maximum Gasteiger partial charge on any atom is 0.308 e. The number of hydrogen-bond donors (Lipinski definition) is 2. The van der Waals surface area contributed by atoms with Gasteiger partial charge in [-0.15, -0.1) is 32.9 Å². The molecular weight excluding hydrogens is 885 g/mol. The third kappa shape index (κ3) is 9.68. The molecule has 0 saturated carbocycles. The molecule has 8 rings (SSSR count). The van der Waals surface area contributed by atoms with Crippen LogP contribution in [0.15, 0.2) is 83.3 Å². The zero-order valence-corrected chi connectivity index (χ0v) is 40.9.